The molecule has 1 aliphatic heterocycles. The average molecular weight is 207 g/mol. The molecule has 0 bridgehead atoms. The van der Waals surface area contributed by atoms with E-state index in [-0.39, 0.29) is 12.0 Å². The molecule has 0 saturated heterocycles. The number of esters is 1. The second-order valence-electron chi connectivity index (χ2n) is 3.49. The zero-order valence-corrected chi connectivity index (χ0v) is 8.53. The minimum Gasteiger partial charge on any atom is -0.493 e. The molecule has 0 amide bonds. The van der Waals surface area contributed by atoms with Crippen LogP contribution in [0.2, 0.25) is 0 Å². The molecule has 0 saturated carbocycles. The van der Waals surface area contributed by atoms with Crippen molar-refractivity contribution in [2.45, 2.75) is 12.5 Å². The van der Waals surface area contributed by atoms with E-state index in [1.54, 1.807) is 12.1 Å². The van der Waals surface area contributed by atoms with Gasteiger partial charge in [0.15, 0.2) is 0 Å². The molecule has 1 atom stereocenters. The van der Waals surface area contributed by atoms with Crippen molar-refractivity contribution in [2.75, 3.05) is 13.7 Å². The van der Waals surface area contributed by atoms with Crippen LogP contribution in [0.3, 0.4) is 0 Å². The molecule has 1 aromatic rings. The molecule has 0 fully saturated rings. The van der Waals surface area contributed by atoms with E-state index in [1.165, 1.54) is 7.11 Å². The summed E-state index contributed by atoms with van der Waals surface area (Å²) in [6, 6.07) is 5.21. The van der Waals surface area contributed by atoms with Gasteiger partial charge in [0, 0.05) is 18.0 Å². The van der Waals surface area contributed by atoms with Crippen LogP contribution in [0.1, 0.15) is 28.4 Å². The fourth-order valence-electron chi connectivity index (χ4n) is 1.66. The van der Waals surface area contributed by atoms with Gasteiger partial charge in [0.1, 0.15) is 5.75 Å². The van der Waals surface area contributed by atoms with Crippen LogP contribution in [0.5, 0.6) is 5.75 Å². The molecule has 0 aliphatic carbocycles. The summed E-state index contributed by atoms with van der Waals surface area (Å²) in [7, 11) is 1.36. The first-order chi connectivity index (χ1) is 7.22. The molecule has 0 aromatic heterocycles. The highest BCUT2D eigenvalue weighted by atomic mass is 16.5. The van der Waals surface area contributed by atoms with Crippen LogP contribution in [0.4, 0.5) is 0 Å². The molecule has 4 heteroatoms. The van der Waals surface area contributed by atoms with E-state index in [0.717, 1.165) is 12.0 Å². The molecule has 2 N–H and O–H groups in total. The second kappa shape index (κ2) is 3.90. The zero-order chi connectivity index (χ0) is 10.8. The first-order valence-electron chi connectivity index (χ1n) is 4.83. The van der Waals surface area contributed by atoms with Crippen LogP contribution < -0.4 is 10.5 Å². The lowest BCUT2D eigenvalue weighted by molar-refractivity contribution is 0.0600. The molecule has 15 heavy (non-hydrogen) atoms. The summed E-state index contributed by atoms with van der Waals surface area (Å²) in [4.78, 5) is 11.3. The number of hydrogen-bond acceptors (Lipinski definition) is 4. The van der Waals surface area contributed by atoms with Crippen molar-refractivity contribution in [3.63, 3.8) is 0 Å². The Morgan fingerprint density at radius 1 is 1.60 bits per heavy atom. The third-order valence-corrected chi connectivity index (χ3v) is 2.52. The van der Waals surface area contributed by atoms with Crippen molar-refractivity contribution >= 4 is 5.97 Å². The summed E-state index contributed by atoms with van der Waals surface area (Å²) >= 11 is 0. The van der Waals surface area contributed by atoms with Gasteiger partial charge < -0.3 is 15.2 Å². The Morgan fingerprint density at radius 2 is 2.40 bits per heavy atom. The van der Waals surface area contributed by atoms with Gasteiger partial charge in [-0.1, -0.05) is 6.07 Å². The molecule has 0 unspecified atom stereocenters. The maximum Gasteiger partial charge on any atom is 0.337 e. The topological polar surface area (TPSA) is 61.5 Å². The van der Waals surface area contributed by atoms with Crippen molar-refractivity contribution in [2.24, 2.45) is 5.73 Å². The highest BCUT2D eigenvalue weighted by Crippen LogP contribution is 2.31. The highest BCUT2D eigenvalue weighted by molar-refractivity contribution is 5.90. The normalized spacial score (nSPS) is 18.9. The van der Waals surface area contributed by atoms with Gasteiger partial charge >= 0.3 is 5.97 Å². The second-order valence-corrected chi connectivity index (χ2v) is 3.49. The third kappa shape index (κ3) is 1.80. The Balaban J connectivity index is 2.37. The van der Waals surface area contributed by atoms with Gasteiger partial charge in [-0.05, 0) is 12.1 Å². The number of carbonyl (C=O) groups excluding carboxylic acids is 1. The van der Waals surface area contributed by atoms with Crippen molar-refractivity contribution in [3.05, 3.63) is 29.3 Å². The van der Waals surface area contributed by atoms with Crippen LogP contribution in [0.25, 0.3) is 0 Å². The summed E-state index contributed by atoms with van der Waals surface area (Å²) in [5, 5.41) is 0. The molecule has 0 spiro atoms. The lowest BCUT2D eigenvalue weighted by Gasteiger charge is -2.23. The van der Waals surface area contributed by atoms with E-state index in [2.05, 4.69) is 4.74 Å². The average Bonchev–Trinajstić information content (AvgIpc) is 2.28. The van der Waals surface area contributed by atoms with Crippen molar-refractivity contribution in [1.29, 1.82) is 0 Å². The Morgan fingerprint density at radius 3 is 3.13 bits per heavy atom. The number of carbonyl (C=O) groups is 1. The number of benzene rings is 1. The van der Waals surface area contributed by atoms with Crippen LogP contribution >= 0.6 is 0 Å². The van der Waals surface area contributed by atoms with E-state index in [4.69, 9.17) is 10.5 Å². The lowest BCUT2D eigenvalue weighted by Crippen LogP contribution is -2.20. The number of ether oxygens (including phenoxy) is 2. The largest absolute Gasteiger partial charge is 0.493 e. The lowest BCUT2D eigenvalue weighted by atomic mass is 10.00. The number of nitrogens with two attached hydrogens (primary N) is 1. The Labute approximate surface area is 88.0 Å². The molecule has 80 valence electrons. The molecule has 1 aromatic carbocycles. The van der Waals surface area contributed by atoms with Crippen LogP contribution in [0, 0.1) is 0 Å². The SMILES string of the molecule is COC(=O)c1ccc2c(c1)OCC[C@@H]2N. The fourth-order valence-corrected chi connectivity index (χ4v) is 1.66. The zero-order valence-electron chi connectivity index (χ0n) is 8.53. The van der Waals surface area contributed by atoms with E-state index >= 15 is 0 Å². The van der Waals surface area contributed by atoms with E-state index in [9.17, 15) is 4.79 Å². The molecule has 4 nitrogen and oxygen atoms in total. The van der Waals surface area contributed by atoms with Crippen LogP contribution in [0.15, 0.2) is 18.2 Å². The first kappa shape index (κ1) is 9.98. The standard InChI is InChI=1S/C11H13NO3/c1-14-11(13)7-2-3-8-9(12)4-5-15-10(8)6-7/h2-3,6,9H,4-5,12H2,1H3/t9-/m0/s1. The summed E-state index contributed by atoms with van der Waals surface area (Å²) in [5.41, 5.74) is 7.35. The van der Waals surface area contributed by atoms with Crippen molar-refractivity contribution in [3.8, 4) is 5.75 Å². The van der Waals surface area contributed by atoms with Gasteiger partial charge in [0.05, 0.1) is 19.3 Å². The first-order valence-corrected chi connectivity index (χ1v) is 4.83. The van der Waals surface area contributed by atoms with Crippen molar-refractivity contribution < 1.29 is 14.3 Å². The van der Waals surface area contributed by atoms with Crippen molar-refractivity contribution in [1.82, 2.24) is 0 Å². The van der Waals surface area contributed by atoms with E-state index in [1.807, 2.05) is 6.07 Å². The summed E-state index contributed by atoms with van der Waals surface area (Å²) in [6.07, 6.45) is 0.810. The molecular weight excluding hydrogens is 194 g/mol. The monoisotopic (exact) mass is 207 g/mol. The third-order valence-electron chi connectivity index (χ3n) is 2.52. The number of rotatable bonds is 1. The minimum atomic E-state index is -0.361. The van der Waals surface area contributed by atoms with Gasteiger partial charge in [0.25, 0.3) is 0 Å². The van der Waals surface area contributed by atoms with E-state index < -0.39 is 0 Å². The smallest absolute Gasteiger partial charge is 0.337 e. The summed E-state index contributed by atoms with van der Waals surface area (Å²) in [6.45, 7) is 0.596. The Bertz CT molecular complexity index is 389. The Kier molecular flexibility index (Phi) is 2.60. The fraction of sp³-hybridized carbons (Fsp3) is 0.364. The maximum absolute atomic E-state index is 11.3. The quantitative estimate of drug-likeness (QED) is 0.704. The highest BCUT2D eigenvalue weighted by Gasteiger charge is 2.19. The molecular formula is C11H13NO3. The Hall–Kier alpha value is -1.55. The van der Waals surface area contributed by atoms with Crippen LogP contribution in [-0.2, 0) is 4.74 Å². The number of methoxy groups -OCH3 is 1. The van der Waals surface area contributed by atoms with Gasteiger partial charge in [-0.15, -0.1) is 0 Å². The summed E-state index contributed by atoms with van der Waals surface area (Å²) in [5.74, 6) is 0.331. The number of fused-ring (bicyclic) bond motifs is 1. The maximum atomic E-state index is 11.3. The number of hydrogen-bond donors (Lipinski definition) is 1. The van der Waals surface area contributed by atoms with Gasteiger partial charge in [-0.25, -0.2) is 4.79 Å². The summed E-state index contributed by atoms with van der Waals surface area (Å²) < 4.78 is 10.1. The molecule has 1 aliphatic rings. The van der Waals surface area contributed by atoms with Gasteiger partial charge in [0.2, 0.25) is 0 Å². The van der Waals surface area contributed by atoms with E-state index in [0.29, 0.717) is 17.9 Å². The molecule has 0 radical (unpaired) electrons. The molecule has 1 heterocycles. The predicted molar refractivity (Wildman–Crippen MR) is 54.8 cm³/mol. The van der Waals surface area contributed by atoms with Gasteiger partial charge in [-0.3, -0.25) is 0 Å². The molecule has 2 rings (SSSR count). The minimum absolute atomic E-state index is 0.000414. The van der Waals surface area contributed by atoms with Crippen LogP contribution in [-0.4, -0.2) is 19.7 Å². The predicted octanol–water partition coefficient (Wildman–Crippen LogP) is 1.26. The van der Waals surface area contributed by atoms with Gasteiger partial charge in [-0.2, -0.15) is 0 Å².